The van der Waals surface area contributed by atoms with Crippen molar-refractivity contribution in [1.82, 2.24) is 5.32 Å². The summed E-state index contributed by atoms with van der Waals surface area (Å²) in [5.41, 5.74) is 0. The summed E-state index contributed by atoms with van der Waals surface area (Å²) in [6, 6.07) is 0. The second-order valence-corrected chi connectivity index (χ2v) is 18.7. The zero-order valence-electron chi connectivity index (χ0n) is 19.9. The fourth-order valence-electron chi connectivity index (χ4n) is 3.86. The fraction of sp³-hybridized carbons (Fsp3) is 0.952. The van der Waals surface area contributed by atoms with Crippen LogP contribution in [-0.4, -0.2) is 46.0 Å². The number of hydrogen-bond acceptors (Lipinski definition) is 1. The molecule has 0 radical (unpaired) electrons. The van der Waals surface area contributed by atoms with E-state index in [-0.39, 0.29) is 15.8 Å². The van der Waals surface area contributed by atoms with Crippen LogP contribution in [0.15, 0.2) is 0 Å². The molecule has 0 atom stereocenters. The first-order valence-electron chi connectivity index (χ1n) is 9.58. The number of nitrogens with one attached hydrogen (secondary N) is 1. The molecule has 1 N–H and O–H groups in total. The molecule has 0 fully saturated rings. The quantitative estimate of drug-likeness (QED) is 0.129. The number of halogens is 1. The van der Waals surface area contributed by atoms with Crippen LogP contribution in [-0.2, 0) is 22.0 Å². The molecule has 0 saturated carbocycles. The van der Waals surface area contributed by atoms with Crippen molar-refractivity contribution in [3.05, 3.63) is 6.65 Å². The van der Waals surface area contributed by atoms with Gasteiger partial charge in [0.1, 0.15) is 0 Å². The molecule has 0 unspecified atom stereocenters. The van der Waals surface area contributed by atoms with E-state index < -0.39 is 0 Å². The van der Waals surface area contributed by atoms with Crippen molar-refractivity contribution in [1.29, 1.82) is 0 Å². The van der Waals surface area contributed by atoms with Crippen LogP contribution in [0.4, 0.5) is 0 Å². The normalized spacial score (nSPS) is 13.0. The Morgan fingerprint density at radius 2 is 0.815 bits per heavy atom. The molecule has 6 heteroatoms. The summed E-state index contributed by atoms with van der Waals surface area (Å²) in [5, 5.41) is 5.54. The van der Waals surface area contributed by atoms with Crippen molar-refractivity contribution in [2.45, 2.75) is 104 Å². The van der Waals surface area contributed by atoms with Crippen LogP contribution in [0.25, 0.3) is 0 Å². The van der Waals surface area contributed by atoms with E-state index in [1.165, 1.54) is 25.4 Å². The van der Waals surface area contributed by atoms with E-state index in [0.717, 1.165) is 0 Å². The zero-order chi connectivity index (χ0) is 22.7. The summed E-state index contributed by atoms with van der Waals surface area (Å²) in [5.74, 6) is 0. The van der Waals surface area contributed by atoms with Gasteiger partial charge in [0, 0.05) is 0 Å². The fourth-order valence-corrected chi connectivity index (χ4v) is 11.3. The van der Waals surface area contributed by atoms with Crippen molar-refractivity contribution in [3.8, 4) is 0 Å². The van der Waals surface area contributed by atoms with Gasteiger partial charge in [0.15, 0.2) is 0 Å². The van der Waals surface area contributed by atoms with E-state index in [1.807, 2.05) is 0 Å². The Balaban J connectivity index is -0.00000134. The average Bonchev–Trinajstić information content (AvgIpc) is 2.45. The molecule has 0 bridgehead atoms. The first-order valence-corrected chi connectivity index (χ1v) is 15.0. The Bertz CT molecular complexity index is 328. The Morgan fingerprint density at radius 3 is 0.963 bits per heavy atom. The Labute approximate surface area is 188 Å². The first kappa shape index (κ1) is 33.1. The van der Waals surface area contributed by atoms with Gasteiger partial charge in [-0.2, -0.15) is 0 Å². The molecule has 0 aromatic carbocycles. The van der Waals surface area contributed by atoms with Gasteiger partial charge >= 0.3 is 38.3 Å². The molecule has 0 heterocycles. The number of rotatable bonds is 6. The Kier molecular flexibility index (Phi) is 17.8. The summed E-state index contributed by atoms with van der Waals surface area (Å²) < 4.78 is 7.50. The number of hydrogen-bond donors (Lipinski definition) is 1. The maximum atomic E-state index is 7.50. The third-order valence-corrected chi connectivity index (χ3v) is 12.1. The molecule has 0 aliphatic rings. The van der Waals surface area contributed by atoms with E-state index in [9.17, 15) is 0 Å². The first-order chi connectivity index (χ1) is 12.0. The maximum absolute atomic E-state index is 7.50. The van der Waals surface area contributed by atoms with Crippen LogP contribution in [0.2, 0.25) is 0 Å². The van der Waals surface area contributed by atoms with Crippen LogP contribution in [0.5, 0.6) is 0 Å². The third kappa shape index (κ3) is 15.9. The molecule has 0 aromatic rings. The average molecular weight is 527 g/mol. The summed E-state index contributed by atoms with van der Waals surface area (Å²) >= 11 is 1.62. The van der Waals surface area contributed by atoms with Crippen LogP contribution in [0.1, 0.15) is 83.1 Å². The van der Waals surface area contributed by atoms with Gasteiger partial charge in [0.25, 0.3) is 0 Å². The van der Waals surface area contributed by atoms with Crippen molar-refractivity contribution in [2.24, 2.45) is 0 Å². The summed E-state index contributed by atoms with van der Waals surface area (Å²) in [4.78, 5) is 0. The third-order valence-electron chi connectivity index (χ3n) is 4.26. The molecule has 0 saturated heterocycles. The van der Waals surface area contributed by atoms with E-state index in [1.54, 1.807) is 17.3 Å². The molecular weight excluding hydrogens is 481 g/mol. The van der Waals surface area contributed by atoms with Gasteiger partial charge in [0.05, 0.1) is 0 Å². The Morgan fingerprint density at radius 1 is 0.630 bits per heavy atom. The van der Waals surface area contributed by atoms with Gasteiger partial charge in [-0.3, -0.25) is 0 Å². The molecule has 0 rings (SSSR count). The van der Waals surface area contributed by atoms with Crippen LogP contribution in [0, 0.1) is 6.65 Å². The van der Waals surface area contributed by atoms with Gasteiger partial charge in [-0.05, 0) is 46.0 Å². The standard InChI is InChI=1S/C20H45NP2.CO.ClH.Ru.H/c1-17(2,3)22(18(4,5)6)15-13-21-14-16-23(19(7,8)9)20(10,11)12;1-2;;;/h21H,13-16H2,1-12H3;;1H;;/q;;;+1;/p-1. The SMILES string of the molecule is CC(C)(C)P(CCNCCP(C(C)(C)C)C(C)(C)C)C(C)(C)C.[C-]#[O+].[Cl][RuH]. The summed E-state index contributed by atoms with van der Waals surface area (Å²) in [7, 11) is 4.65. The van der Waals surface area contributed by atoms with Gasteiger partial charge in [-0.25, -0.2) is 0 Å². The minimum absolute atomic E-state index is 0.0229. The second-order valence-electron chi connectivity index (χ2n) is 10.7. The van der Waals surface area contributed by atoms with Crippen LogP contribution in [0.3, 0.4) is 0 Å². The molecular formula is C21H46ClNOP2Ru. The molecule has 0 aliphatic carbocycles. The van der Waals surface area contributed by atoms with Crippen molar-refractivity contribution >= 4 is 25.5 Å². The molecule has 0 spiro atoms. The summed E-state index contributed by atoms with van der Waals surface area (Å²) in [6.45, 7) is 35.9. The van der Waals surface area contributed by atoms with Gasteiger partial charge in [0.2, 0.25) is 0 Å². The predicted molar refractivity (Wildman–Crippen MR) is 127 cm³/mol. The monoisotopic (exact) mass is 527 g/mol. The van der Waals surface area contributed by atoms with Gasteiger partial charge < -0.3 is 5.32 Å². The van der Waals surface area contributed by atoms with Crippen molar-refractivity contribution < 1.29 is 22.0 Å². The van der Waals surface area contributed by atoms with Gasteiger partial charge in [-0.1, -0.05) is 98.9 Å². The molecule has 27 heavy (non-hydrogen) atoms. The summed E-state index contributed by atoms with van der Waals surface area (Å²) in [6.07, 6.45) is 2.68. The van der Waals surface area contributed by atoms with Crippen LogP contribution < -0.4 is 5.32 Å². The predicted octanol–water partition coefficient (Wildman–Crippen LogP) is 7.12. The molecule has 0 aromatic heterocycles. The zero-order valence-corrected chi connectivity index (χ0v) is 24.3. The molecule has 2 nitrogen and oxygen atoms in total. The van der Waals surface area contributed by atoms with E-state index in [4.69, 9.17) is 4.65 Å². The molecule has 0 aliphatic heterocycles. The minimum atomic E-state index is 0.0229. The Hall–Kier alpha value is 1.47. The second kappa shape index (κ2) is 14.5. The van der Waals surface area contributed by atoms with Crippen LogP contribution >= 0.6 is 25.5 Å². The van der Waals surface area contributed by atoms with Gasteiger partial charge in [-0.15, -0.1) is 0 Å². The molecule has 166 valence electrons. The van der Waals surface area contributed by atoms with E-state index in [2.05, 4.69) is 105 Å². The molecule has 0 amide bonds. The van der Waals surface area contributed by atoms with E-state index >= 15 is 0 Å². The van der Waals surface area contributed by atoms with E-state index in [0.29, 0.717) is 20.6 Å². The topological polar surface area (TPSA) is 31.9 Å². The van der Waals surface area contributed by atoms with Crippen molar-refractivity contribution in [3.63, 3.8) is 0 Å². The van der Waals surface area contributed by atoms with Crippen molar-refractivity contribution in [2.75, 3.05) is 25.4 Å².